The van der Waals surface area contributed by atoms with E-state index < -0.39 is 9.84 Å². The molecule has 0 unspecified atom stereocenters. The van der Waals surface area contributed by atoms with Gasteiger partial charge in [-0.3, -0.25) is 0 Å². The lowest BCUT2D eigenvalue weighted by Gasteiger charge is -2.26. The first-order valence-electron chi connectivity index (χ1n) is 12.1. The van der Waals surface area contributed by atoms with E-state index in [2.05, 4.69) is 44.4 Å². The molecule has 0 saturated carbocycles. The number of H-pyrrole nitrogens is 1. The van der Waals surface area contributed by atoms with Gasteiger partial charge in [0.15, 0.2) is 9.84 Å². The number of nitrogens with one attached hydrogen (secondary N) is 2. The molecule has 10 heteroatoms. The van der Waals surface area contributed by atoms with Crippen LogP contribution in [-0.2, 0) is 23.3 Å². The normalized spacial score (nSPS) is 15.9. The van der Waals surface area contributed by atoms with Crippen molar-refractivity contribution in [3.8, 4) is 11.3 Å². The van der Waals surface area contributed by atoms with Crippen LogP contribution < -0.4 is 5.32 Å². The quantitative estimate of drug-likeness (QED) is 0.366. The van der Waals surface area contributed by atoms with Crippen LogP contribution >= 0.6 is 0 Å². The SMILES string of the molecule is CC(C)[C@@H](Nc1ncnc2[nH]c(-c3ccc4nnn(C)c4c3)cc12)c1ccc2c(c1)S(=O)(=O)CCC2. The summed E-state index contributed by atoms with van der Waals surface area (Å²) in [6.45, 7) is 4.23. The highest BCUT2D eigenvalue weighted by Gasteiger charge is 2.26. The average Bonchev–Trinajstić information content (AvgIpc) is 3.46. The number of benzene rings is 2. The summed E-state index contributed by atoms with van der Waals surface area (Å²) in [5.41, 5.74) is 6.26. The molecule has 2 aromatic carbocycles. The summed E-state index contributed by atoms with van der Waals surface area (Å²) in [4.78, 5) is 12.9. The van der Waals surface area contributed by atoms with Gasteiger partial charge in [-0.05, 0) is 54.2 Å². The zero-order valence-corrected chi connectivity index (χ0v) is 21.2. The summed E-state index contributed by atoms with van der Waals surface area (Å²) in [6, 6.07) is 13.8. The Kier molecular flexibility index (Phi) is 5.29. The van der Waals surface area contributed by atoms with Crippen molar-refractivity contribution < 1.29 is 8.42 Å². The summed E-state index contributed by atoms with van der Waals surface area (Å²) in [7, 11) is -1.37. The monoisotopic (exact) mass is 501 g/mol. The summed E-state index contributed by atoms with van der Waals surface area (Å²) in [5, 5.41) is 12.7. The van der Waals surface area contributed by atoms with Gasteiger partial charge in [0.25, 0.3) is 0 Å². The van der Waals surface area contributed by atoms with E-state index in [1.165, 1.54) is 6.33 Å². The van der Waals surface area contributed by atoms with E-state index in [9.17, 15) is 8.42 Å². The summed E-state index contributed by atoms with van der Waals surface area (Å²) >= 11 is 0. The highest BCUT2D eigenvalue weighted by molar-refractivity contribution is 7.91. The number of aryl methyl sites for hydroxylation is 2. The van der Waals surface area contributed by atoms with Gasteiger partial charge in [-0.2, -0.15) is 0 Å². The molecule has 0 amide bonds. The van der Waals surface area contributed by atoms with E-state index in [1.807, 2.05) is 49.5 Å². The molecule has 2 N–H and O–H groups in total. The van der Waals surface area contributed by atoms with Crippen molar-refractivity contribution >= 4 is 37.7 Å². The first kappa shape index (κ1) is 22.7. The van der Waals surface area contributed by atoms with Crippen LogP contribution in [0.1, 0.15) is 37.4 Å². The largest absolute Gasteiger partial charge is 0.362 e. The van der Waals surface area contributed by atoms with Gasteiger partial charge in [-0.15, -0.1) is 5.10 Å². The van der Waals surface area contributed by atoms with Gasteiger partial charge in [0.1, 0.15) is 23.3 Å². The van der Waals surface area contributed by atoms with Crippen LogP contribution in [0.25, 0.3) is 33.3 Å². The lowest BCUT2D eigenvalue weighted by atomic mass is 9.94. The van der Waals surface area contributed by atoms with Crippen LogP contribution in [0.15, 0.2) is 53.7 Å². The number of hydrogen-bond acceptors (Lipinski definition) is 7. The molecule has 0 saturated heterocycles. The maximum atomic E-state index is 12.7. The second kappa shape index (κ2) is 8.41. The third-order valence-electron chi connectivity index (χ3n) is 6.95. The molecule has 6 rings (SSSR count). The third-order valence-corrected chi connectivity index (χ3v) is 8.83. The number of hydrogen-bond donors (Lipinski definition) is 2. The minimum atomic E-state index is -3.24. The smallest absolute Gasteiger partial charge is 0.178 e. The van der Waals surface area contributed by atoms with Gasteiger partial charge in [-0.1, -0.05) is 37.3 Å². The molecule has 184 valence electrons. The lowest BCUT2D eigenvalue weighted by Crippen LogP contribution is -2.20. The van der Waals surface area contributed by atoms with Crippen LogP contribution in [0, 0.1) is 5.92 Å². The Hall–Kier alpha value is -3.79. The maximum Gasteiger partial charge on any atom is 0.178 e. The number of rotatable bonds is 5. The molecular formula is C26H27N7O2S. The Bertz CT molecular complexity index is 1720. The minimum absolute atomic E-state index is 0.124. The molecule has 5 aromatic rings. The molecule has 3 aromatic heterocycles. The lowest BCUT2D eigenvalue weighted by molar-refractivity contribution is 0.542. The highest BCUT2D eigenvalue weighted by atomic mass is 32.2. The summed E-state index contributed by atoms with van der Waals surface area (Å²) < 4.78 is 27.2. The standard InChI is InChI=1S/C26H27N7O2S/c1-15(2)24(18-7-6-16-5-4-10-36(34,35)23(16)12-18)30-26-19-13-21(29-25(19)27-14-28-26)17-8-9-20-22(11-17)33(3)32-31-20/h6-9,11-15,24H,4-5,10H2,1-3H3,(H2,27,28,29,30)/t24-/m1/s1. The Balaban J connectivity index is 1.39. The maximum absolute atomic E-state index is 12.7. The van der Waals surface area contributed by atoms with Crippen LogP contribution in [0.5, 0.6) is 0 Å². The molecule has 1 atom stereocenters. The minimum Gasteiger partial charge on any atom is -0.362 e. The Morgan fingerprint density at radius 1 is 1.08 bits per heavy atom. The first-order chi connectivity index (χ1) is 17.3. The highest BCUT2D eigenvalue weighted by Crippen LogP contribution is 2.34. The van der Waals surface area contributed by atoms with E-state index >= 15 is 0 Å². The van der Waals surface area contributed by atoms with Crippen LogP contribution in [0.2, 0.25) is 0 Å². The third kappa shape index (κ3) is 3.81. The van der Waals surface area contributed by atoms with E-state index in [0.717, 1.165) is 50.9 Å². The number of anilines is 1. The average molecular weight is 502 g/mol. The van der Waals surface area contributed by atoms with Gasteiger partial charge in [0.05, 0.1) is 27.6 Å². The zero-order valence-electron chi connectivity index (χ0n) is 20.4. The van der Waals surface area contributed by atoms with Crippen molar-refractivity contribution in [3.05, 3.63) is 59.9 Å². The van der Waals surface area contributed by atoms with Gasteiger partial charge >= 0.3 is 0 Å². The van der Waals surface area contributed by atoms with E-state index in [0.29, 0.717) is 17.1 Å². The van der Waals surface area contributed by atoms with Crippen molar-refractivity contribution in [1.82, 2.24) is 29.9 Å². The van der Waals surface area contributed by atoms with Crippen molar-refractivity contribution in [3.63, 3.8) is 0 Å². The molecule has 9 nitrogen and oxygen atoms in total. The summed E-state index contributed by atoms with van der Waals surface area (Å²) in [5.74, 6) is 1.10. The molecule has 1 aliphatic rings. The molecule has 1 aliphatic heterocycles. The molecule has 0 fully saturated rings. The fraction of sp³-hybridized carbons (Fsp3) is 0.308. The van der Waals surface area contributed by atoms with E-state index in [-0.39, 0.29) is 17.7 Å². The predicted octanol–water partition coefficient (Wildman–Crippen LogP) is 4.44. The number of fused-ring (bicyclic) bond motifs is 3. The fourth-order valence-corrected chi connectivity index (χ4v) is 6.64. The number of nitrogens with zero attached hydrogens (tertiary/aromatic N) is 5. The van der Waals surface area contributed by atoms with Crippen molar-refractivity contribution in [2.24, 2.45) is 13.0 Å². The van der Waals surface area contributed by atoms with Crippen LogP contribution in [0.3, 0.4) is 0 Å². The van der Waals surface area contributed by atoms with E-state index in [4.69, 9.17) is 0 Å². The number of aromatic nitrogens is 6. The van der Waals surface area contributed by atoms with Gasteiger partial charge < -0.3 is 10.3 Å². The number of sulfone groups is 1. The summed E-state index contributed by atoms with van der Waals surface area (Å²) in [6.07, 6.45) is 3.02. The first-order valence-corrected chi connectivity index (χ1v) is 13.7. The second-order valence-corrected chi connectivity index (χ2v) is 11.8. The van der Waals surface area contributed by atoms with Crippen molar-refractivity contribution in [1.29, 1.82) is 0 Å². The Morgan fingerprint density at radius 2 is 1.94 bits per heavy atom. The Morgan fingerprint density at radius 3 is 2.78 bits per heavy atom. The van der Waals surface area contributed by atoms with Crippen LogP contribution in [0.4, 0.5) is 5.82 Å². The van der Waals surface area contributed by atoms with Gasteiger partial charge in [0, 0.05) is 18.3 Å². The van der Waals surface area contributed by atoms with E-state index in [1.54, 1.807) is 4.68 Å². The molecule has 0 aliphatic carbocycles. The molecular weight excluding hydrogens is 474 g/mol. The van der Waals surface area contributed by atoms with Gasteiger partial charge in [-0.25, -0.2) is 23.1 Å². The fourth-order valence-electron chi connectivity index (χ4n) is 5.01. The molecule has 0 spiro atoms. The molecule has 36 heavy (non-hydrogen) atoms. The van der Waals surface area contributed by atoms with Crippen molar-refractivity contribution in [2.75, 3.05) is 11.1 Å². The Labute approximate surface area is 208 Å². The molecule has 0 radical (unpaired) electrons. The van der Waals surface area contributed by atoms with Crippen molar-refractivity contribution in [2.45, 2.75) is 37.6 Å². The molecule has 4 heterocycles. The zero-order chi connectivity index (χ0) is 25.0. The number of aromatic amines is 1. The topological polar surface area (TPSA) is 118 Å². The van der Waals surface area contributed by atoms with Crippen LogP contribution in [-0.4, -0.2) is 44.1 Å². The predicted molar refractivity (Wildman–Crippen MR) is 139 cm³/mol. The van der Waals surface area contributed by atoms with Gasteiger partial charge in [0.2, 0.25) is 0 Å². The molecule has 0 bridgehead atoms. The second-order valence-electron chi connectivity index (χ2n) is 9.74.